The summed E-state index contributed by atoms with van der Waals surface area (Å²) in [5, 5.41) is 4.86. The topological polar surface area (TPSA) is 95.7 Å². The van der Waals surface area contributed by atoms with Gasteiger partial charge in [-0.15, -0.1) is 0 Å². The van der Waals surface area contributed by atoms with E-state index in [-0.39, 0.29) is 24.8 Å². The molecule has 7 nitrogen and oxygen atoms in total. The van der Waals surface area contributed by atoms with Gasteiger partial charge >= 0.3 is 6.03 Å². The number of nitrogens with zero attached hydrogens (tertiary/aromatic N) is 2. The summed E-state index contributed by atoms with van der Waals surface area (Å²) in [6.45, 7) is 0.942. The minimum atomic E-state index is -0.554. The van der Waals surface area contributed by atoms with Crippen molar-refractivity contribution in [1.82, 2.24) is 15.3 Å². The molecule has 7 heteroatoms. The summed E-state index contributed by atoms with van der Waals surface area (Å²) in [5.41, 5.74) is 7.95. The van der Waals surface area contributed by atoms with Crippen LogP contribution in [-0.2, 0) is 17.9 Å². The Kier molecular flexibility index (Phi) is 2.90. The van der Waals surface area contributed by atoms with Crippen molar-refractivity contribution in [2.75, 3.05) is 6.54 Å². The molecule has 4 amide bonds. The van der Waals surface area contributed by atoms with Crippen molar-refractivity contribution in [2.24, 2.45) is 5.73 Å². The van der Waals surface area contributed by atoms with Crippen molar-refractivity contribution in [3.63, 3.8) is 0 Å². The SMILES string of the molecule is NCc1ccc2c(c1)CN(N1CCC(=O)NC1=O)C2=O. The van der Waals surface area contributed by atoms with Gasteiger partial charge in [0.1, 0.15) is 0 Å². The van der Waals surface area contributed by atoms with Crippen LogP contribution in [0.1, 0.15) is 27.9 Å². The molecule has 0 aliphatic carbocycles. The molecule has 0 atom stereocenters. The third-order valence-electron chi connectivity index (χ3n) is 3.51. The molecule has 1 aromatic carbocycles. The van der Waals surface area contributed by atoms with Crippen LogP contribution in [0.15, 0.2) is 18.2 Å². The number of nitrogens with one attached hydrogen (secondary N) is 1. The molecule has 1 saturated heterocycles. The highest BCUT2D eigenvalue weighted by atomic mass is 16.2. The van der Waals surface area contributed by atoms with Gasteiger partial charge in [0, 0.05) is 18.5 Å². The summed E-state index contributed by atoms with van der Waals surface area (Å²) in [6.07, 6.45) is 0.194. The van der Waals surface area contributed by atoms with Crippen molar-refractivity contribution in [1.29, 1.82) is 0 Å². The van der Waals surface area contributed by atoms with Gasteiger partial charge < -0.3 is 5.73 Å². The molecule has 3 rings (SSSR count). The van der Waals surface area contributed by atoms with Crippen LogP contribution in [-0.4, -0.2) is 34.4 Å². The molecule has 0 aromatic heterocycles. The standard InChI is InChI=1S/C13H14N4O3/c14-6-8-1-2-10-9(5-8)7-17(12(10)19)16-4-3-11(18)15-13(16)20/h1-2,5H,3-4,6-7,14H2,(H,15,18,20). The smallest absolute Gasteiger partial charge is 0.326 e. The first-order chi connectivity index (χ1) is 9.60. The van der Waals surface area contributed by atoms with E-state index in [9.17, 15) is 14.4 Å². The molecule has 2 heterocycles. The van der Waals surface area contributed by atoms with Crippen LogP contribution < -0.4 is 11.1 Å². The number of benzene rings is 1. The van der Waals surface area contributed by atoms with Gasteiger partial charge in [0.25, 0.3) is 5.91 Å². The predicted octanol–water partition coefficient (Wildman–Crippen LogP) is -0.0420. The monoisotopic (exact) mass is 274 g/mol. The Hall–Kier alpha value is -2.41. The third-order valence-corrected chi connectivity index (χ3v) is 3.51. The molecule has 1 fully saturated rings. The molecule has 0 unspecified atom stereocenters. The van der Waals surface area contributed by atoms with Crippen LogP contribution >= 0.6 is 0 Å². The Bertz CT molecular complexity index is 614. The highest BCUT2D eigenvalue weighted by Gasteiger charge is 2.36. The maximum absolute atomic E-state index is 12.3. The van der Waals surface area contributed by atoms with Crippen molar-refractivity contribution in [2.45, 2.75) is 19.5 Å². The predicted molar refractivity (Wildman–Crippen MR) is 69.1 cm³/mol. The van der Waals surface area contributed by atoms with E-state index >= 15 is 0 Å². The van der Waals surface area contributed by atoms with E-state index in [0.717, 1.165) is 11.1 Å². The molecule has 0 radical (unpaired) electrons. The van der Waals surface area contributed by atoms with Gasteiger partial charge in [0.2, 0.25) is 5.91 Å². The highest BCUT2D eigenvalue weighted by molar-refractivity contribution is 6.01. The molecule has 0 bridgehead atoms. The first-order valence-electron chi connectivity index (χ1n) is 6.35. The largest absolute Gasteiger partial charge is 0.342 e. The number of imide groups is 1. The number of nitrogens with two attached hydrogens (primary N) is 1. The van der Waals surface area contributed by atoms with Gasteiger partial charge in [-0.3, -0.25) is 14.9 Å². The van der Waals surface area contributed by atoms with Crippen LogP contribution in [0.25, 0.3) is 0 Å². The van der Waals surface area contributed by atoms with Gasteiger partial charge in [-0.2, -0.15) is 0 Å². The number of hydrazine groups is 1. The average molecular weight is 274 g/mol. The Morgan fingerprint density at radius 1 is 1.20 bits per heavy atom. The van der Waals surface area contributed by atoms with E-state index in [0.29, 0.717) is 18.7 Å². The second kappa shape index (κ2) is 4.61. The zero-order valence-electron chi connectivity index (χ0n) is 10.8. The van der Waals surface area contributed by atoms with Crippen LogP contribution in [0, 0.1) is 0 Å². The molecular formula is C13H14N4O3. The van der Waals surface area contributed by atoms with E-state index in [4.69, 9.17) is 5.73 Å². The number of carbonyl (C=O) groups excluding carboxylic acids is 3. The van der Waals surface area contributed by atoms with Crippen molar-refractivity contribution in [3.8, 4) is 0 Å². The maximum atomic E-state index is 12.3. The molecule has 3 N–H and O–H groups in total. The van der Waals surface area contributed by atoms with Gasteiger partial charge in [-0.05, 0) is 17.2 Å². The number of carbonyl (C=O) groups is 3. The fraction of sp³-hybridized carbons (Fsp3) is 0.308. The summed E-state index contributed by atoms with van der Waals surface area (Å²) in [4.78, 5) is 35.2. The second-order valence-corrected chi connectivity index (χ2v) is 4.78. The number of urea groups is 1. The molecule has 0 saturated carbocycles. The first-order valence-corrected chi connectivity index (χ1v) is 6.35. The minimum absolute atomic E-state index is 0.194. The summed E-state index contributed by atoms with van der Waals surface area (Å²) < 4.78 is 0. The lowest BCUT2D eigenvalue weighted by Gasteiger charge is -2.33. The summed E-state index contributed by atoms with van der Waals surface area (Å²) >= 11 is 0. The normalized spacial score (nSPS) is 18.4. The average Bonchev–Trinajstić information content (AvgIpc) is 2.75. The van der Waals surface area contributed by atoms with Crippen molar-refractivity contribution < 1.29 is 14.4 Å². The van der Waals surface area contributed by atoms with E-state index in [2.05, 4.69) is 5.32 Å². The number of hydrogen-bond acceptors (Lipinski definition) is 4. The molecular weight excluding hydrogens is 260 g/mol. The highest BCUT2D eigenvalue weighted by Crippen LogP contribution is 2.26. The number of fused-ring (bicyclic) bond motifs is 1. The number of amides is 4. The Morgan fingerprint density at radius 3 is 2.70 bits per heavy atom. The molecule has 2 aliphatic heterocycles. The first kappa shape index (κ1) is 12.6. The van der Waals surface area contributed by atoms with Gasteiger partial charge in [0.15, 0.2) is 0 Å². The molecule has 104 valence electrons. The van der Waals surface area contributed by atoms with Crippen molar-refractivity contribution >= 4 is 17.8 Å². The van der Waals surface area contributed by atoms with E-state index in [1.54, 1.807) is 12.1 Å². The summed E-state index contributed by atoms with van der Waals surface area (Å²) in [6, 6.07) is 4.86. The molecule has 0 spiro atoms. The van der Waals surface area contributed by atoms with Gasteiger partial charge in [0.05, 0.1) is 13.1 Å². The van der Waals surface area contributed by atoms with Crippen LogP contribution in [0.4, 0.5) is 4.79 Å². The fourth-order valence-electron chi connectivity index (χ4n) is 2.47. The van der Waals surface area contributed by atoms with Crippen molar-refractivity contribution in [3.05, 3.63) is 34.9 Å². The van der Waals surface area contributed by atoms with E-state index in [1.807, 2.05) is 6.07 Å². The fourth-order valence-corrected chi connectivity index (χ4v) is 2.47. The van der Waals surface area contributed by atoms with Crippen LogP contribution in [0.3, 0.4) is 0 Å². The zero-order valence-corrected chi connectivity index (χ0v) is 10.8. The summed E-state index contributed by atoms with van der Waals surface area (Å²) in [7, 11) is 0. The lowest BCUT2D eigenvalue weighted by Crippen LogP contribution is -2.56. The van der Waals surface area contributed by atoms with E-state index < -0.39 is 6.03 Å². The minimum Gasteiger partial charge on any atom is -0.326 e. The molecule has 1 aromatic rings. The number of rotatable bonds is 2. The Morgan fingerprint density at radius 2 is 2.00 bits per heavy atom. The quantitative estimate of drug-likeness (QED) is 0.790. The lowest BCUT2D eigenvalue weighted by molar-refractivity contribution is -0.123. The van der Waals surface area contributed by atoms with E-state index in [1.165, 1.54) is 10.0 Å². The van der Waals surface area contributed by atoms with Crippen LogP contribution in [0.2, 0.25) is 0 Å². The Labute approximate surface area is 115 Å². The van der Waals surface area contributed by atoms with Gasteiger partial charge in [-0.1, -0.05) is 12.1 Å². The van der Waals surface area contributed by atoms with Crippen LogP contribution in [0.5, 0.6) is 0 Å². The molecule has 2 aliphatic rings. The third kappa shape index (κ3) is 1.92. The maximum Gasteiger partial charge on any atom is 0.342 e. The van der Waals surface area contributed by atoms with Gasteiger partial charge in [-0.25, -0.2) is 14.8 Å². The summed E-state index contributed by atoms with van der Waals surface area (Å²) in [5.74, 6) is -0.547. The molecule has 20 heavy (non-hydrogen) atoms. The zero-order chi connectivity index (χ0) is 14.3. The number of hydrogen-bond donors (Lipinski definition) is 2. The Balaban J connectivity index is 1.86. The second-order valence-electron chi connectivity index (χ2n) is 4.78. The lowest BCUT2D eigenvalue weighted by atomic mass is 10.1.